The third-order valence-electron chi connectivity index (χ3n) is 4.59. The van der Waals surface area contributed by atoms with Crippen molar-refractivity contribution in [1.29, 1.82) is 0 Å². The van der Waals surface area contributed by atoms with Gasteiger partial charge in [0.15, 0.2) is 0 Å². The van der Waals surface area contributed by atoms with Gasteiger partial charge in [-0.15, -0.1) is 0 Å². The lowest BCUT2D eigenvalue weighted by atomic mass is 9.75. The van der Waals surface area contributed by atoms with Crippen molar-refractivity contribution in [3.8, 4) is 0 Å². The number of nitrogens with one attached hydrogen (secondary N) is 2. The molecule has 18 heavy (non-hydrogen) atoms. The average Bonchev–Trinajstić information content (AvgIpc) is 2.73. The van der Waals surface area contributed by atoms with Crippen LogP contribution in [0.5, 0.6) is 0 Å². The van der Waals surface area contributed by atoms with Crippen molar-refractivity contribution in [1.82, 2.24) is 10.6 Å². The topological polar surface area (TPSA) is 78.4 Å². The molecule has 0 aliphatic heterocycles. The standard InChI is InChI=1S/C13H22N2O3/c1-2-12(6-5-7-12)14-11(18)15-13(10(16)17)8-3-4-9-13/h2-9H2,1H3,(H,16,17)(H2,14,15,18). The molecule has 0 unspecified atom stereocenters. The van der Waals surface area contributed by atoms with Gasteiger partial charge in [0.2, 0.25) is 0 Å². The van der Waals surface area contributed by atoms with Crippen molar-refractivity contribution in [3.05, 3.63) is 0 Å². The fourth-order valence-electron chi connectivity index (χ4n) is 3.03. The molecule has 0 aromatic heterocycles. The fourth-order valence-corrected chi connectivity index (χ4v) is 3.03. The van der Waals surface area contributed by atoms with Crippen LogP contribution in [0, 0.1) is 0 Å². The van der Waals surface area contributed by atoms with Crippen LogP contribution in [0.25, 0.3) is 0 Å². The lowest BCUT2D eigenvalue weighted by molar-refractivity contribution is -0.144. The largest absolute Gasteiger partial charge is 0.480 e. The Morgan fingerprint density at radius 2 is 1.67 bits per heavy atom. The van der Waals surface area contributed by atoms with Gasteiger partial charge in [0.1, 0.15) is 5.54 Å². The molecule has 5 heteroatoms. The van der Waals surface area contributed by atoms with Crippen LogP contribution >= 0.6 is 0 Å². The summed E-state index contributed by atoms with van der Waals surface area (Å²) in [6, 6.07) is -0.319. The number of hydrogen-bond donors (Lipinski definition) is 3. The Labute approximate surface area is 107 Å². The summed E-state index contributed by atoms with van der Waals surface area (Å²) in [5.41, 5.74) is -1.13. The van der Waals surface area contributed by atoms with Gasteiger partial charge < -0.3 is 15.7 Å². The zero-order valence-electron chi connectivity index (χ0n) is 10.9. The number of hydrogen-bond acceptors (Lipinski definition) is 2. The first-order valence-electron chi connectivity index (χ1n) is 6.86. The second kappa shape index (κ2) is 4.78. The molecule has 2 aliphatic carbocycles. The molecule has 2 amide bonds. The molecule has 0 radical (unpaired) electrons. The number of urea groups is 1. The second-order valence-electron chi connectivity index (χ2n) is 5.66. The maximum Gasteiger partial charge on any atom is 0.329 e. The smallest absolute Gasteiger partial charge is 0.329 e. The van der Waals surface area contributed by atoms with Gasteiger partial charge in [-0.3, -0.25) is 0 Å². The van der Waals surface area contributed by atoms with Gasteiger partial charge in [-0.05, 0) is 38.5 Å². The molecule has 3 N–H and O–H groups in total. The first-order valence-corrected chi connectivity index (χ1v) is 6.86. The summed E-state index contributed by atoms with van der Waals surface area (Å²) < 4.78 is 0. The Kier molecular flexibility index (Phi) is 3.50. The first kappa shape index (κ1) is 13.2. The lowest BCUT2D eigenvalue weighted by Crippen LogP contribution is -2.61. The highest BCUT2D eigenvalue weighted by Gasteiger charge is 2.44. The molecule has 0 aromatic carbocycles. The second-order valence-corrected chi connectivity index (χ2v) is 5.66. The Morgan fingerprint density at radius 1 is 1.06 bits per heavy atom. The van der Waals surface area contributed by atoms with Gasteiger partial charge >= 0.3 is 12.0 Å². The highest BCUT2D eigenvalue weighted by molar-refractivity contribution is 5.86. The Balaban J connectivity index is 1.95. The lowest BCUT2D eigenvalue weighted by Gasteiger charge is -2.42. The molecular formula is C13H22N2O3. The van der Waals surface area contributed by atoms with E-state index in [2.05, 4.69) is 17.6 Å². The number of carbonyl (C=O) groups excluding carboxylic acids is 1. The maximum absolute atomic E-state index is 12.0. The van der Waals surface area contributed by atoms with Crippen molar-refractivity contribution < 1.29 is 14.7 Å². The van der Waals surface area contributed by atoms with Crippen LogP contribution in [0.4, 0.5) is 4.79 Å². The zero-order chi connectivity index (χ0) is 13.2. The van der Waals surface area contributed by atoms with Gasteiger partial charge in [0.25, 0.3) is 0 Å². The van der Waals surface area contributed by atoms with Crippen molar-refractivity contribution >= 4 is 12.0 Å². The minimum atomic E-state index is -1.04. The van der Waals surface area contributed by atoms with E-state index in [9.17, 15) is 14.7 Å². The van der Waals surface area contributed by atoms with Crippen molar-refractivity contribution in [2.45, 2.75) is 69.4 Å². The number of rotatable bonds is 4. The van der Waals surface area contributed by atoms with Crippen molar-refractivity contribution in [2.24, 2.45) is 0 Å². The molecule has 5 nitrogen and oxygen atoms in total. The van der Waals surface area contributed by atoms with E-state index in [4.69, 9.17) is 0 Å². The van der Waals surface area contributed by atoms with Crippen LogP contribution in [0.2, 0.25) is 0 Å². The van der Waals surface area contributed by atoms with Crippen LogP contribution in [-0.2, 0) is 4.79 Å². The highest BCUT2D eigenvalue weighted by Crippen LogP contribution is 2.35. The highest BCUT2D eigenvalue weighted by atomic mass is 16.4. The third-order valence-corrected chi connectivity index (χ3v) is 4.59. The number of carboxylic acids is 1. The number of carbonyl (C=O) groups is 2. The van der Waals surface area contributed by atoms with Gasteiger partial charge in [0.05, 0.1) is 0 Å². The zero-order valence-corrected chi connectivity index (χ0v) is 10.9. The minimum Gasteiger partial charge on any atom is -0.480 e. The molecule has 0 spiro atoms. The number of carboxylic acid groups (broad SMARTS) is 1. The van der Waals surface area contributed by atoms with E-state index in [1.165, 1.54) is 0 Å². The van der Waals surface area contributed by atoms with E-state index in [0.717, 1.165) is 38.5 Å². The van der Waals surface area contributed by atoms with E-state index in [1.54, 1.807) is 0 Å². The van der Waals surface area contributed by atoms with Gasteiger partial charge in [-0.1, -0.05) is 19.8 Å². The fraction of sp³-hybridized carbons (Fsp3) is 0.846. The summed E-state index contributed by atoms with van der Waals surface area (Å²) >= 11 is 0. The van der Waals surface area contributed by atoms with Crippen LogP contribution in [0.3, 0.4) is 0 Å². The van der Waals surface area contributed by atoms with Crippen molar-refractivity contribution in [3.63, 3.8) is 0 Å². The average molecular weight is 254 g/mol. The molecule has 0 heterocycles. The van der Waals surface area contributed by atoms with Crippen LogP contribution in [0.15, 0.2) is 0 Å². The van der Waals surface area contributed by atoms with E-state index in [1.807, 2.05) is 0 Å². The molecule has 0 atom stereocenters. The molecule has 0 saturated heterocycles. The molecule has 2 rings (SSSR count). The Bertz CT molecular complexity index is 339. The predicted octanol–water partition coefficient (Wildman–Crippen LogP) is 2.02. The molecule has 2 fully saturated rings. The van der Waals surface area contributed by atoms with E-state index in [-0.39, 0.29) is 11.6 Å². The van der Waals surface area contributed by atoms with Crippen LogP contribution in [0.1, 0.15) is 58.3 Å². The predicted molar refractivity (Wildman–Crippen MR) is 67.4 cm³/mol. The van der Waals surface area contributed by atoms with Crippen molar-refractivity contribution in [2.75, 3.05) is 0 Å². The summed E-state index contributed by atoms with van der Waals surface area (Å²) in [5.74, 6) is -0.908. The van der Waals surface area contributed by atoms with Crippen LogP contribution in [-0.4, -0.2) is 28.2 Å². The van der Waals surface area contributed by atoms with Gasteiger partial charge in [-0.2, -0.15) is 0 Å². The summed E-state index contributed by atoms with van der Waals surface area (Å²) in [7, 11) is 0. The number of amides is 2. The van der Waals surface area contributed by atoms with E-state index < -0.39 is 11.5 Å². The maximum atomic E-state index is 12.0. The molecular weight excluding hydrogens is 232 g/mol. The molecule has 2 saturated carbocycles. The summed E-state index contributed by atoms with van der Waals surface area (Å²) in [6.07, 6.45) is 6.84. The Morgan fingerprint density at radius 3 is 2.06 bits per heavy atom. The summed E-state index contributed by atoms with van der Waals surface area (Å²) in [5, 5.41) is 15.0. The summed E-state index contributed by atoms with van der Waals surface area (Å²) in [4.78, 5) is 23.3. The molecule has 102 valence electrons. The molecule has 0 bridgehead atoms. The minimum absolute atomic E-state index is 0.0949. The monoisotopic (exact) mass is 254 g/mol. The molecule has 0 aromatic rings. The normalized spacial score (nSPS) is 24.1. The summed E-state index contributed by atoms with van der Waals surface area (Å²) in [6.45, 7) is 2.06. The molecule has 2 aliphatic rings. The number of aliphatic carboxylic acids is 1. The Hall–Kier alpha value is -1.26. The first-order chi connectivity index (χ1) is 8.52. The van der Waals surface area contributed by atoms with Gasteiger partial charge in [-0.25, -0.2) is 9.59 Å². The SMILES string of the molecule is CCC1(NC(=O)NC2(C(=O)O)CCCC2)CCC1. The quantitative estimate of drug-likeness (QED) is 0.718. The van der Waals surface area contributed by atoms with E-state index in [0.29, 0.717) is 12.8 Å². The third kappa shape index (κ3) is 2.31. The van der Waals surface area contributed by atoms with E-state index >= 15 is 0 Å². The van der Waals surface area contributed by atoms with Crippen LogP contribution < -0.4 is 10.6 Å². The van der Waals surface area contributed by atoms with Gasteiger partial charge in [0, 0.05) is 5.54 Å².